The van der Waals surface area contributed by atoms with E-state index < -0.39 is 0 Å². The summed E-state index contributed by atoms with van der Waals surface area (Å²) < 4.78 is 6.30. The second kappa shape index (κ2) is 4.37. The Balaban J connectivity index is 2.78. The predicted octanol–water partition coefficient (Wildman–Crippen LogP) is 0.534. The predicted molar refractivity (Wildman–Crippen MR) is 53.2 cm³/mol. The minimum Gasteiger partial charge on any atom is -0.465 e. The summed E-state index contributed by atoms with van der Waals surface area (Å²) in [7, 11) is 0. The SMILES string of the molecule is CCOC(=O)Cn1nnnc1C(C)(C)C. The van der Waals surface area contributed by atoms with Crippen LogP contribution in [0.2, 0.25) is 0 Å². The number of aromatic nitrogens is 4. The van der Waals surface area contributed by atoms with Crippen LogP contribution in [0, 0.1) is 0 Å². The van der Waals surface area contributed by atoms with E-state index in [0.717, 1.165) is 0 Å². The van der Waals surface area contributed by atoms with Gasteiger partial charge in [-0.2, -0.15) is 0 Å². The molecule has 0 unspecified atom stereocenters. The van der Waals surface area contributed by atoms with Gasteiger partial charge in [-0.25, -0.2) is 4.68 Å². The van der Waals surface area contributed by atoms with E-state index in [1.807, 2.05) is 20.8 Å². The van der Waals surface area contributed by atoms with Gasteiger partial charge in [0.25, 0.3) is 0 Å². The van der Waals surface area contributed by atoms with Gasteiger partial charge in [-0.3, -0.25) is 4.79 Å². The lowest BCUT2D eigenvalue weighted by Crippen LogP contribution is -2.23. The zero-order chi connectivity index (χ0) is 11.5. The van der Waals surface area contributed by atoms with E-state index in [1.54, 1.807) is 6.92 Å². The Bertz CT molecular complexity index is 340. The fourth-order valence-corrected chi connectivity index (χ4v) is 1.18. The highest BCUT2D eigenvalue weighted by molar-refractivity contribution is 5.69. The Labute approximate surface area is 88.6 Å². The second-order valence-corrected chi connectivity index (χ2v) is 4.22. The molecule has 1 heterocycles. The lowest BCUT2D eigenvalue weighted by molar-refractivity contribution is -0.144. The molecule has 1 aromatic rings. The van der Waals surface area contributed by atoms with Crippen molar-refractivity contribution < 1.29 is 9.53 Å². The first-order valence-electron chi connectivity index (χ1n) is 4.87. The molecule has 0 radical (unpaired) electrons. The number of rotatable bonds is 3. The molecule has 1 aromatic heterocycles. The van der Waals surface area contributed by atoms with Crippen LogP contribution in [0.15, 0.2) is 0 Å². The Hall–Kier alpha value is -1.46. The smallest absolute Gasteiger partial charge is 0.327 e. The number of nitrogens with zero attached hydrogens (tertiary/aromatic N) is 4. The monoisotopic (exact) mass is 212 g/mol. The van der Waals surface area contributed by atoms with Crippen LogP contribution in [0.25, 0.3) is 0 Å². The van der Waals surface area contributed by atoms with Gasteiger partial charge in [0.05, 0.1) is 6.61 Å². The molecule has 0 amide bonds. The molecular weight excluding hydrogens is 196 g/mol. The van der Waals surface area contributed by atoms with Gasteiger partial charge in [-0.05, 0) is 17.4 Å². The summed E-state index contributed by atoms with van der Waals surface area (Å²) in [5.74, 6) is 0.353. The third-order valence-electron chi connectivity index (χ3n) is 1.79. The van der Waals surface area contributed by atoms with Crippen molar-refractivity contribution in [2.75, 3.05) is 6.61 Å². The van der Waals surface area contributed by atoms with Crippen molar-refractivity contribution in [2.45, 2.75) is 39.7 Å². The largest absolute Gasteiger partial charge is 0.465 e. The zero-order valence-corrected chi connectivity index (χ0v) is 9.52. The van der Waals surface area contributed by atoms with Crippen LogP contribution in [-0.4, -0.2) is 32.8 Å². The van der Waals surface area contributed by atoms with Crippen LogP contribution >= 0.6 is 0 Å². The lowest BCUT2D eigenvalue weighted by Gasteiger charge is -2.16. The summed E-state index contributed by atoms with van der Waals surface area (Å²) in [5.41, 5.74) is -0.185. The highest BCUT2D eigenvalue weighted by Crippen LogP contribution is 2.18. The van der Waals surface area contributed by atoms with E-state index >= 15 is 0 Å². The normalized spacial score (nSPS) is 11.5. The highest BCUT2D eigenvalue weighted by atomic mass is 16.5. The fraction of sp³-hybridized carbons (Fsp3) is 0.778. The Kier molecular flexibility index (Phi) is 3.39. The van der Waals surface area contributed by atoms with E-state index in [2.05, 4.69) is 15.5 Å². The van der Waals surface area contributed by atoms with Crippen LogP contribution in [-0.2, 0) is 21.5 Å². The number of hydrogen-bond acceptors (Lipinski definition) is 5. The quantitative estimate of drug-likeness (QED) is 0.684. The first kappa shape index (κ1) is 11.6. The summed E-state index contributed by atoms with van der Waals surface area (Å²) in [6, 6.07) is 0. The van der Waals surface area contributed by atoms with Crippen molar-refractivity contribution in [2.24, 2.45) is 0 Å². The minimum atomic E-state index is -0.324. The molecule has 0 saturated heterocycles. The molecule has 0 spiro atoms. The van der Waals surface area contributed by atoms with Gasteiger partial charge >= 0.3 is 5.97 Å². The average molecular weight is 212 g/mol. The van der Waals surface area contributed by atoms with Crippen molar-refractivity contribution in [1.29, 1.82) is 0 Å². The molecule has 1 rings (SSSR count). The van der Waals surface area contributed by atoms with E-state index in [9.17, 15) is 4.79 Å². The van der Waals surface area contributed by atoms with Crippen molar-refractivity contribution >= 4 is 5.97 Å². The Morgan fingerprint density at radius 1 is 1.47 bits per heavy atom. The average Bonchev–Trinajstić information content (AvgIpc) is 2.51. The summed E-state index contributed by atoms with van der Waals surface area (Å²) in [6.07, 6.45) is 0. The number of carbonyl (C=O) groups excluding carboxylic acids is 1. The molecule has 0 aliphatic carbocycles. The molecule has 0 bridgehead atoms. The first-order valence-corrected chi connectivity index (χ1v) is 4.87. The van der Waals surface area contributed by atoms with E-state index in [0.29, 0.717) is 12.4 Å². The summed E-state index contributed by atoms with van der Waals surface area (Å²) >= 11 is 0. The topological polar surface area (TPSA) is 69.9 Å². The van der Waals surface area contributed by atoms with E-state index in [-0.39, 0.29) is 17.9 Å². The number of ether oxygens (including phenoxy) is 1. The molecule has 0 aliphatic rings. The molecule has 6 nitrogen and oxygen atoms in total. The minimum absolute atomic E-state index is 0.0629. The number of tetrazole rings is 1. The third-order valence-corrected chi connectivity index (χ3v) is 1.79. The van der Waals surface area contributed by atoms with Crippen LogP contribution < -0.4 is 0 Å². The number of esters is 1. The maximum atomic E-state index is 11.3. The summed E-state index contributed by atoms with van der Waals surface area (Å²) in [6.45, 7) is 8.16. The maximum Gasteiger partial charge on any atom is 0.327 e. The highest BCUT2D eigenvalue weighted by Gasteiger charge is 2.23. The van der Waals surface area contributed by atoms with Crippen molar-refractivity contribution in [1.82, 2.24) is 20.2 Å². The van der Waals surface area contributed by atoms with Crippen molar-refractivity contribution in [3.63, 3.8) is 0 Å². The molecule has 15 heavy (non-hydrogen) atoms. The summed E-state index contributed by atoms with van der Waals surface area (Å²) in [4.78, 5) is 11.3. The molecule has 0 aromatic carbocycles. The van der Waals surface area contributed by atoms with Gasteiger partial charge in [0.2, 0.25) is 0 Å². The molecule has 0 N–H and O–H groups in total. The molecule has 84 valence electrons. The molecule has 0 saturated carbocycles. The first-order chi connectivity index (χ1) is 6.95. The standard InChI is InChI=1S/C9H16N4O2/c1-5-15-7(14)6-13-8(9(2,3)4)10-11-12-13/h5-6H2,1-4H3. The van der Waals surface area contributed by atoms with Gasteiger partial charge < -0.3 is 4.74 Å². The van der Waals surface area contributed by atoms with Gasteiger partial charge in [-0.15, -0.1) is 5.10 Å². The molecule has 0 atom stereocenters. The molecule has 0 fully saturated rings. The molecule has 6 heteroatoms. The second-order valence-electron chi connectivity index (χ2n) is 4.22. The van der Waals surface area contributed by atoms with Gasteiger partial charge in [0, 0.05) is 5.41 Å². The fourth-order valence-electron chi connectivity index (χ4n) is 1.18. The van der Waals surface area contributed by atoms with Crippen LogP contribution in [0.4, 0.5) is 0 Å². The maximum absolute atomic E-state index is 11.3. The number of carbonyl (C=O) groups is 1. The Morgan fingerprint density at radius 3 is 2.67 bits per heavy atom. The van der Waals surface area contributed by atoms with E-state index in [1.165, 1.54) is 4.68 Å². The van der Waals surface area contributed by atoms with E-state index in [4.69, 9.17) is 4.74 Å². The summed E-state index contributed by atoms with van der Waals surface area (Å²) in [5, 5.41) is 11.2. The third kappa shape index (κ3) is 3.00. The van der Waals surface area contributed by atoms with Gasteiger partial charge in [0.15, 0.2) is 5.82 Å². The van der Waals surface area contributed by atoms with Crippen LogP contribution in [0.1, 0.15) is 33.5 Å². The van der Waals surface area contributed by atoms with Crippen LogP contribution in [0.5, 0.6) is 0 Å². The molecule has 0 aliphatic heterocycles. The van der Waals surface area contributed by atoms with Gasteiger partial charge in [-0.1, -0.05) is 20.8 Å². The van der Waals surface area contributed by atoms with Gasteiger partial charge in [0.1, 0.15) is 6.54 Å². The lowest BCUT2D eigenvalue weighted by atomic mass is 9.96. The Morgan fingerprint density at radius 2 is 2.13 bits per heavy atom. The van der Waals surface area contributed by atoms with Crippen molar-refractivity contribution in [3.8, 4) is 0 Å². The molecular formula is C9H16N4O2. The zero-order valence-electron chi connectivity index (χ0n) is 9.52. The van der Waals surface area contributed by atoms with Crippen LogP contribution in [0.3, 0.4) is 0 Å². The number of hydrogen-bond donors (Lipinski definition) is 0. The van der Waals surface area contributed by atoms with Crippen molar-refractivity contribution in [3.05, 3.63) is 5.82 Å².